The van der Waals surface area contributed by atoms with Crippen molar-refractivity contribution in [2.45, 2.75) is 19.8 Å². The van der Waals surface area contributed by atoms with Crippen molar-refractivity contribution in [2.24, 2.45) is 0 Å². The Hall–Kier alpha value is -2.51. The second-order valence-electron chi connectivity index (χ2n) is 6.31. The molecule has 1 fully saturated rings. The number of rotatable bonds is 9. The lowest BCUT2D eigenvalue weighted by atomic mass is 10.2. The molecular formula is C22H23NO4S2. The molecule has 0 atom stereocenters. The molecule has 0 aliphatic carbocycles. The molecule has 0 aromatic heterocycles. The van der Waals surface area contributed by atoms with Crippen LogP contribution in [0, 0.1) is 0 Å². The van der Waals surface area contributed by atoms with Crippen LogP contribution in [0.5, 0.6) is 17.2 Å². The Morgan fingerprint density at radius 2 is 1.83 bits per heavy atom. The number of carbonyl (C=O) groups is 1. The monoisotopic (exact) mass is 429 g/mol. The lowest BCUT2D eigenvalue weighted by molar-refractivity contribution is -0.115. The fraction of sp³-hybridized carbons (Fsp3) is 0.273. The summed E-state index contributed by atoms with van der Waals surface area (Å²) in [5.41, 5.74) is 2.14. The zero-order chi connectivity index (χ0) is 20.6. The van der Waals surface area contributed by atoms with Gasteiger partial charge in [0.2, 0.25) is 0 Å². The molecule has 7 heteroatoms. The van der Waals surface area contributed by atoms with Gasteiger partial charge < -0.3 is 19.5 Å². The van der Waals surface area contributed by atoms with E-state index in [1.165, 1.54) is 17.3 Å². The maximum Gasteiger partial charge on any atom is 0.263 e. The molecule has 3 rings (SSSR count). The van der Waals surface area contributed by atoms with Crippen molar-refractivity contribution in [3.63, 3.8) is 0 Å². The molecule has 2 aromatic rings. The SMILES string of the molecule is CCc1ccc(OCCCOc2ccc(C=C3SC(=S)NC3=O)cc2OC)cc1. The van der Waals surface area contributed by atoms with Crippen LogP contribution in [0.25, 0.3) is 6.08 Å². The van der Waals surface area contributed by atoms with E-state index in [9.17, 15) is 4.79 Å². The number of hydrogen-bond donors (Lipinski definition) is 1. The van der Waals surface area contributed by atoms with Crippen LogP contribution in [-0.2, 0) is 11.2 Å². The summed E-state index contributed by atoms with van der Waals surface area (Å²) in [5, 5.41) is 2.60. The van der Waals surface area contributed by atoms with Crippen molar-refractivity contribution in [2.75, 3.05) is 20.3 Å². The molecule has 29 heavy (non-hydrogen) atoms. The fourth-order valence-corrected chi connectivity index (χ4v) is 3.76. The van der Waals surface area contributed by atoms with Crippen molar-refractivity contribution in [1.82, 2.24) is 5.32 Å². The summed E-state index contributed by atoms with van der Waals surface area (Å²) in [6.07, 6.45) is 3.55. The minimum absolute atomic E-state index is 0.177. The van der Waals surface area contributed by atoms with Crippen molar-refractivity contribution in [3.8, 4) is 17.2 Å². The van der Waals surface area contributed by atoms with Gasteiger partial charge in [-0.3, -0.25) is 4.79 Å². The van der Waals surface area contributed by atoms with Gasteiger partial charge in [-0.2, -0.15) is 0 Å². The summed E-state index contributed by atoms with van der Waals surface area (Å²) in [7, 11) is 1.59. The third kappa shape index (κ3) is 5.98. The zero-order valence-corrected chi connectivity index (χ0v) is 18.0. The number of thioether (sulfide) groups is 1. The van der Waals surface area contributed by atoms with E-state index in [-0.39, 0.29) is 5.91 Å². The first-order valence-electron chi connectivity index (χ1n) is 9.36. The van der Waals surface area contributed by atoms with Gasteiger partial charge >= 0.3 is 0 Å². The van der Waals surface area contributed by atoms with Gasteiger partial charge in [0.05, 0.1) is 25.2 Å². The summed E-state index contributed by atoms with van der Waals surface area (Å²) < 4.78 is 17.5. The van der Waals surface area contributed by atoms with Crippen LogP contribution in [0.4, 0.5) is 0 Å². The highest BCUT2D eigenvalue weighted by Crippen LogP contribution is 2.31. The van der Waals surface area contributed by atoms with Crippen molar-refractivity contribution >= 4 is 40.3 Å². The standard InChI is InChI=1S/C22H23NO4S2/c1-3-15-5-8-17(9-6-15)26-11-4-12-27-18-10-7-16(13-19(18)25-2)14-20-21(24)23-22(28)29-20/h5-10,13-14H,3-4,11-12H2,1-2H3,(H,23,24,28). The molecule has 1 heterocycles. The number of thiocarbonyl (C=S) groups is 1. The quantitative estimate of drug-likeness (QED) is 0.357. The number of amides is 1. The molecule has 1 N–H and O–H groups in total. The van der Waals surface area contributed by atoms with E-state index in [1.54, 1.807) is 13.2 Å². The molecule has 0 saturated carbocycles. The summed E-state index contributed by atoms with van der Waals surface area (Å²) >= 11 is 6.26. The maximum atomic E-state index is 11.8. The Balaban J connectivity index is 1.51. The van der Waals surface area contributed by atoms with Gasteiger partial charge in [0.15, 0.2) is 11.5 Å². The van der Waals surface area contributed by atoms with Crippen LogP contribution >= 0.6 is 24.0 Å². The summed E-state index contributed by atoms with van der Waals surface area (Å²) in [5.74, 6) is 1.96. The number of carbonyl (C=O) groups excluding carboxylic acids is 1. The van der Waals surface area contributed by atoms with Gasteiger partial charge in [0.25, 0.3) is 5.91 Å². The van der Waals surface area contributed by atoms with Gasteiger partial charge in [0, 0.05) is 6.42 Å². The largest absolute Gasteiger partial charge is 0.493 e. The van der Waals surface area contributed by atoms with Crippen molar-refractivity contribution in [1.29, 1.82) is 0 Å². The number of nitrogens with one attached hydrogen (secondary N) is 1. The molecule has 1 amide bonds. The van der Waals surface area contributed by atoms with Gasteiger partial charge in [0.1, 0.15) is 10.1 Å². The highest BCUT2D eigenvalue weighted by Gasteiger charge is 2.22. The van der Waals surface area contributed by atoms with E-state index in [1.807, 2.05) is 30.3 Å². The van der Waals surface area contributed by atoms with Gasteiger partial charge in [-0.15, -0.1) is 0 Å². The smallest absolute Gasteiger partial charge is 0.263 e. The van der Waals surface area contributed by atoms with E-state index in [4.69, 9.17) is 26.4 Å². The number of ether oxygens (including phenoxy) is 3. The lowest BCUT2D eigenvalue weighted by Crippen LogP contribution is -2.17. The fourth-order valence-electron chi connectivity index (χ4n) is 2.72. The van der Waals surface area contributed by atoms with Crippen LogP contribution in [-0.4, -0.2) is 30.6 Å². The second kappa shape index (κ2) is 10.3. The average Bonchev–Trinajstić information content (AvgIpc) is 3.05. The first-order valence-corrected chi connectivity index (χ1v) is 10.6. The first kappa shape index (κ1) is 21.2. The maximum absolute atomic E-state index is 11.8. The summed E-state index contributed by atoms with van der Waals surface area (Å²) in [6, 6.07) is 13.7. The molecule has 2 aromatic carbocycles. The van der Waals surface area contributed by atoms with E-state index in [0.29, 0.717) is 33.9 Å². The zero-order valence-electron chi connectivity index (χ0n) is 16.4. The third-order valence-corrected chi connectivity index (χ3v) is 5.44. The Morgan fingerprint density at radius 1 is 1.07 bits per heavy atom. The van der Waals surface area contributed by atoms with Gasteiger partial charge in [-0.1, -0.05) is 49.1 Å². The number of hydrogen-bond acceptors (Lipinski definition) is 6. The van der Waals surface area contributed by atoms with Crippen LogP contribution in [0.3, 0.4) is 0 Å². The molecule has 0 spiro atoms. The van der Waals surface area contributed by atoms with E-state index < -0.39 is 0 Å². The van der Waals surface area contributed by atoms with Crippen molar-refractivity contribution in [3.05, 3.63) is 58.5 Å². The summed E-state index contributed by atoms with van der Waals surface area (Å²) in [4.78, 5) is 12.4. The van der Waals surface area contributed by atoms with E-state index >= 15 is 0 Å². The predicted molar refractivity (Wildman–Crippen MR) is 121 cm³/mol. The molecule has 1 saturated heterocycles. The number of aryl methyl sites for hydroxylation is 1. The topological polar surface area (TPSA) is 56.8 Å². The highest BCUT2D eigenvalue weighted by atomic mass is 32.2. The van der Waals surface area contributed by atoms with Crippen LogP contribution < -0.4 is 19.5 Å². The minimum Gasteiger partial charge on any atom is -0.493 e. The first-order chi connectivity index (χ1) is 14.1. The lowest BCUT2D eigenvalue weighted by Gasteiger charge is -2.12. The van der Waals surface area contributed by atoms with Crippen LogP contribution in [0.1, 0.15) is 24.5 Å². The Bertz CT molecular complexity index is 910. The molecule has 1 aliphatic heterocycles. The van der Waals surface area contributed by atoms with Crippen LogP contribution in [0.15, 0.2) is 47.4 Å². The molecule has 152 valence electrons. The second-order valence-corrected chi connectivity index (χ2v) is 8.03. The van der Waals surface area contributed by atoms with Gasteiger partial charge in [-0.25, -0.2) is 0 Å². The third-order valence-electron chi connectivity index (χ3n) is 4.27. The molecule has 0 radical (unpaired) electrons. The Morgan fingerprint density at radius 3 is 2.48 bits per heavy atom. The van der Waals surface area contributed by atoms with E-state index in [2.05, 4.69) is 24.4 Å². The summed E-state index contributed by atoms with van der Waals surface area (Å²) in [6.45, 7) is 3.21. The predicted octanol–water partition coefficient (Wildman–Crippen LogP) is 4.59. The molecule has 5 nitrogen and oxygen atoms in total. The number of benzene rings is 2. The molecule has 0 bridgehead atoms. The van der Waals surface area contributed by atoms with Crippen LogP contribution in [0.2, 0.25) is 0 Å². The normalized spacial score (nSPS) is 14.8. The number of methoxy groups -OCH3 is 1. The molecule has 0 unspecified atom stereocenters. The van der Waals surface area contributed by atoms with Crippen molar-refractivity contribution < 1.29 is 19.0 Å². The van der Waals surface area contributed by atoms with Gasteiger partial charge in [-0.05, 0) is 47.9 Å². The minimum atomic E-state index is -0.177. The Labute approximate surface area is 180 Å². The molecular weight excluding hydrogens is 406 g/mol. The molecule has 1 aliphatic rings. The van der Waals surface area contributed by atoms with E-state index in [0.717, 1.165) is 24.2 Å². The Kier molecular flexibility index (Phi) is 7.55. The highest BCUT2D eigenvalue weighted by molar-refractivity contribution is 8.26. The average molecular weight is 430 g/mol.